The Labute approximate surface area is 117 Å². The molecule has 19 heavy (non-hydrogen) atoms. The summed E-state index contributed by atoms with van der Waals surface area (Å²) in [6, 6.07) is 0. The molecule has 0 saturated heterocycles. The van der Waals surface area contributed by atoms with Crippen molar-refractivity contribution < 1.29 is 9.84 Å². The molecule has 5 heteroatoms. The smallest absolute Gasteiger partial charge is 0.191 e. The lowest BCUT2D eigenvalue weighted by Crippen LogP contribution is -2.38. The molecule has 0 saturated carbocycles. The van der Waals surface area contributed by atoms with Crippen LogP contribution in [0.5, 0.6) is 0 Å². The second-order valence-electron chi connectivity index (χ2n) is 4.66. The highest BCUT2D eigenvalue weighted by Gasteiger charge is 2.07. The zero-order valence-electron chi connectivity index (χ0n) is 12.7. The summed E-state index contributed by atoms with van der Waals surface area (Å²) in [6.07, 6.45) is 4.06. The van der Waals surface area contributed by atoms with Crippen LogP contribution < -0.4 is 10.6 Å². The average Bonchev–Trinajstić information content (AvgIpc) is 2.41. The van der Waals surface area contributed by atoms with E-state index in [-0.39, 0.29) is 6.61 Å². The van der Waals surface area contributed by atoms with Crippen molar-refractivity contribution in [3.63, 3.8) is 0 Å². The number of aliphatic hydroxyl groups excluding tert-OH is 1. The Morgan fingerprint density at radius 3 is 2.63 bits per heavy atom. The number of hydrogen-bond acceptors (Lipinski definition) is 3. The lowest BCUT2D eigenvalue weighted by atomic mass is 10.0. The van der Waals surface area contributed by atoms with Gasteiger partial charge in [-0.15, -0.1) is 0 Å². The summed E-state index contributed by atoms with van der Waals surface area (Å²) in [7, 11) is 1.71. The molecule has 0 radical (unpaired) electrons. The van der Waals surface area contributed by atoms with Gasteiger partial charge in [-0.1, -0.05) is 13.3 Å². The Balaban J connectivity index is 4.12. The van der Waals surface area contributed by atoms with Crippen molar-refractivity contribution in [1.82, 2.24) is 10.6 Å². The largest absolute Gasteiger partial charge is 0.396 e. The first-order chi connectivity index (χ1) is 9.28. The summed E-state index contributed by atoms with van der Waals surface area (Å²) in [5.74, 6) is 1.34. The topological polar surface area (TPSA) is 65.9 Å². The average molecular weight is 273 g/mol. The van der Waals surface area contributed by atoms with E-state index < -0.39 is 0 Å². The minimum Gasteiger partial charge on any atom is -0.396 e. The van der Waals surface area contributed by atoms with E-state index in [0.717, 1.165) is 57.9 Å². The van der Waals surface area contributed by atoms with Crippen LogP contribution in [0.1, 0.15) is 39.5 Å². The number of nitrogens with zero attached hydrogens (tertiary/aromatic N) is 1. The third kappa shape index (κ3) is 10.8. The summed E-state index contributed by atoms with van der Waals surface area (Å²) in [5.41, 5.74) is 0. The normalized spacial score (nSPS) is 13.4. The van der Waals surface area contributed by atoms with Crippen LogP contribution >= 0.6 is 0 Å². The van der Waals surface area contributed by atoms with E-state index in [2.05, 4.69) is 29.5 Å². The van der Waals surface area contributed by atoms with E-state index >= 15 is 0 Å². The summed E-state index contributed by atoms with van der Waals surface area (Å²) < 4.78 is 5.02. The number of nitrogens with one attached hydrogen (secondary N) is 2. The molecule has 0 aromatic carbocycles. The molecular weight excluding hydrogens is 242 g/mol. The molecule has 0 amide bonds. The highest BCUT2D eigenvalue weighted by atomic mass is 16.5. The van der Waals surface area contributed by atoms with Crippen molar-refractivity contribution in [1.29, 1.82) is 0 Å². The molecule has 0 aliphatic heterocycles. The molecule has 1 unspecified atom stereocenters. The fourth-order valence-corrected chi connectivity index (χ4v) is 1.90. The summed E-state index contributed by atoms with van der Waals surface area (Å²) >= 11 is 0. The van der Waals surface area contributed by atoms with Crippen LogP contribution in [0.25, 0.3) is 0 Å². The van der Waals surface area contributed by atoms with E-state index in [0.29, 0.717) is 5.92 Å². The molecule has 0 aliphatic carbocycles. The molecule has 0 bridgehead atoms. The highest BCUT2D eigenvalue weighted by molar-refractivity contribution is 5.79. The molecule has 0 aliphatic rings. The number of methoxy groups -OCH3 is 1. The van der Waals surface area contributed by atoms with Crippen LogP contribution in [0.3, 0.4) is 0 Å². The third-order valence-electron chi connectivity index (χ3n) is 2.90. The van der Waals surface area contributed by atoms with Crippen LogP contribution in [0.15, 0.2) is 4.99 Å². The maximum absolute atomic E-state index is 9.04. The second kappa shape index (κ2) is 13.6. The van der Waals surface area contributed by atoms with Crippen LogP contribution in [0.4, 0.5) is 0 Å². The van der Waals surface area contributed by atoms with E-state index in [1.165, 1.54) is 0 Å². The minimum absolute atomic E-state index is 0.248. The van der Waals surface area contributed by atoms with Gasteiger partial charge < -0.3 is 20.5 Å². The Morgan fingerprint density at radius 2 is 2.05 bits per heavy atom. The van der Waals surface area contributed by atoms with Gasteiger partial charge in [-0.25, -0.2) is 0 Å². The van der Waals surface area contributed by atoms with Gasteiger partial charge in [0, 0.05) is 40.0 Å². The van der Waals surface area contributed by atoms with Gasteiger partial charge in [0.05, 0.1) is 0 Å². The number of aliphatic imine (C=N–C) groups is 1. The second-order valence-corrected chi connectivity index (χ2v) is 4.66. The van der Waals surface area contributed by atoms with Crippen molar-refractivity contribution in [3.8, 4) is 0 Å². The van der Waals surface area contributed by atoms with Crippen molar-refractivity contribution in [3.05, 3.63) is 0 Å². The molecular formula is C14H31N3O2. The van der Waals surface area contributed by atoms with Crippen LogP contribution in [-0.2, 0) is 4.74 Å². The first-order valence-corrected chi connectivity index (χ1v) is 7.40. The number of guanidine groups is 1. The minimum atomic E-state index is 0.248. The number of aliphatic hydroxyl groups is 1. The van der Waals surface area contributed by atoms with Gasteiger partial charge >= 0.3 is 0 Å². The summed E-state index contributed by atoms with van der Waals surface area (Å²) in [4.78, 5) is 4.59. The standard InChI is InChI=1S/C14H31N3O2/c1-4-7-13(8-10-18)12-17-14(15-5-2)16-9-6-11-19-3/h13,18H,4-12H2,1-3H3,(H2,15,16,17). The van der Waals surface area contributed by atoms with Crippen LogP contribution in [-0.4, -0.2) is 51.0 Å². The van der Waals surface area contributed by atoms with Gasteiger partial charge in [0.1, 0.15) is 0 Å². The van der Waals surface area contributed by atoms with Gasteiger partial charge in [0.2, 0.25) is 0 Å². The molecule has 3 N–H and O–H groups in total. The number of ether oxygens (including phenoxy) is 1. The van der Waals surface area contributed by atoms with E-state index in [4.69, 9.17) is 9.84 Å². The zero-order chi connectivity index (χ0) is 14.3. The highest BCUT2D eigenvalue weighted by Crippen LogP contribution is 2.10. The molecule has 0 fully saturated rings. The Kier molecular flexibility index (Phi) is 13.0. The van der Waals surface area contributed by atoms with Crippen molar-refractivity contribution in [2.75, 3.05) is 40.0 Å². The summed E-state index contributed by atoms with van der Waals surface area (Å²) in [5, 5.41) is 15.6. The van der Waals surface area contributed by atoms with Crippen LogP contribution in [0.2, 0.25) is 0 Å². The maximum Gasteiger partial charge on any atom is 0.191 e. The van der Waals surface area contributed by atoms with E-state index in [9.17, 15) is 0 Å². The summed E-state index contributed by atoms with van der Waals surface area (Å²) in [6.45, 7) is 7.72. The zero-order valence-corrected chi connectivity index (χ0v) is 12.7. The monoisotopic (exact) mass is 273 g/mol. The van der Waals surface area contributed by atoms with E-state index in [1.807, 2.05) is 0 Å². The van der Waals surface area contributed by atoms with Gasteiger partial charge in [-0.3, -0.25) is 4.99 Å². The fraction of sp³-hybridized carbons (Fsp3) is 0.929. The lowest BCUT2D eigenvalue weighted by molar-refractivity contribution is 0.195. The number of hydrogen-bond donors (Lipinski definition) is 3. The van der Waals surface area contributed by atoms with Crippen molar-refractivity contribution in [2.45, 2.75) is 39.5 Å². The molecule has 0 rings (SSSR count). The molecule has 114 valence electrons. The van der Waals surface area contributed by atoms with Crippen LogP contribution in [0, 0.1) is 5.92 Å². The van der Waals surface area contributed by atoms with Gasteiger partial charge in [0.15, 0.2) is 5.96 Å². The molecule has 0 spiro atoms. The maximum atomic E-state index is 9.04. The van der Waals surface area contributed by atoms with Crippen molar-refractivity contribution >= 4 is 5.96 Å². The Morgan fingerprint density at radius 1 is 1.26 bits per heavy atom. The van der Waals surface area contributed by atoms with Gasteiger partial charge in [0.25, 0.3) is 0 Å². The molecule has 0 aromatic rings. The van der Waals surface area contributed by atoms with Gasteiger partial charge in [-0.2, -0.15) is 0 Å². The molecule has 5 nitrogen and oxygen atoms in total. The van der Waals surface area contributed by atoms with Gasteiger partial charge in [-0.05, 0) is 32.1 Å². The number of rotatable bonds is 11. The molecule has 1 atom stereocenters. The predicted molar refractivity (Wildman–Crippen MR) is 80.6 cm³/mol. The fourth-order valence-electron chi connectivity index (χ4n) is 1.90. The van der Waals surface area contributed by atoms with E-state index in [1.54, 1.807) is 7.11 Å². The molecule has 0 aromatic heterocycles. The third-order valence-corrected chi connectivity index (χ3v) is 2.90. The SMILES string of the molecule is CCCC(CCO)CN=C(NCC)NCCCOC. The Hall–Kier alpha value is -0.810. The molecule has 0 heterocycles. The van der Waals surface area contributed by atoms with Crippen molar-refractivity contribution in [2.24, 2.45) is 10.9 Å². The first kappa shape index (κ1) is 18.2. The Bertz CT molecular complexity index is 217. The predicted octanol–water partition coefficient (Wildman–Crippen LogP) is 1.38. The first-order valence-electron chi connectivity index (χ1n) is 7.40. The lowest BCUT2D eigenvalue weighted by Gasteiger charge is -2.15. The quantitative estimate of drug-likeness (QED) is 0.302.